The molecule has 2 aliphatic rings. The molecule has 0 saturated carbocycles. The van der Waals surface area contributed by atoms with E-state index < -0.39 is 10.2 Å². The summed E-state index contributed by atoms with van der Waals surface area (Å²) >= 11 is 0. The number of rotatable bonds is 3. The number of nitrogens with one attached hydrogen (secondary N) is 2. The van der Waals surface area contributed by atoms with E-state index in [4.69, 9.17) is 0 Å². The lowest BCUT2D eigenvalue weighted by molar-refractivity contribution is 0.427. The second-order valence-corrected chi connectivity index (χ2v) is 7.49. The third kappa shape index (κ3) is 3.49. The van der Waals surface area contributed by atoms with Gasteiger partial charge in [-0.25, -0.2) is 0 Å². The number of fused-ring (bicyclic) bond motifs is 1. The average Bonchev–Trinajstić information content (AvgIpc) is 2.76. The molecule has 0 unspecified atom stereocenters. The molecule has 2 heterocycles. The summed E-state index contributed by atoms with van der Waals surface area (Å²) in [6, 6.07) is 5.78. The van der Waals surface area contributed by atoms with Crippen molar-refractivity contribution in [3.8, 4) is 0 Å². The highest BCUT2D eigenvalue weighted by Gasteiger charge is 2.23. The summed E-state index contributed by atoms with van der Waals surface area (Å²) in [7, 11) is -3.43. The van der Waals surface area contributed by atoms with Crippen LogP contribution in [0.3, 0.4) is 0 Å². The first-order valence-corrected chi connectivity index (χ1v) is 9.24. The fourth-order valence-corrected chi connectivity index (χ4v) is 4.31. The molecule has 2 aliphatic heterocycles. The van der Waals surface area contributed by atoms with E-state index in [1.54, 1.807) is 4.31 Å². The Hall–Kier alpha value is -1.27. The molecule has 0 bridgehead atoms. The number of anilines is 2. The second kappa shape index (κ2) is 6.23. The predicted molar refractivity (Wildman–Crippen MR) is 85.8 cm³/mol. The Morgan fingerprint density at radius 2 is 1.81 bits per heavy atom. The van der Waals surface area contributed by atoms with Gasteiger partial charge in [0, 0.05) is 25.3 Å². The maximum absolute atomic E-state index is 12.5. The van der Waals surface area contributed by atoms with Gasteiger partial charge in [-0.2, -0.15) is 12.7 Å². The molecule has 5 nitrogen and oxygen atoms in total. The number of benzene rings is 1. The van der Waals surface area contributed by atoms with Crippen molar-refractivity contribution >= 4 is 21.6 Å². The topological polar surface area (TPSA) is 61.4 Å². The summed E-state index contributed by atoms with van der Waals surface area (Å²) < 4.78 is 29.2. The minimum atomic E-state index is -3.43. The SMILES string of the molecule is O=S(=O)(Nc1ccc2c(c1)NCCC2)N1CCCCCC1. The summed E-state index contributed by atoms with van der Waals surface area (Å²) in [4.78, 5) is 0. The molecule has 1 aromatic carbocycles. The highest BCUT2D eigenvalue weighted by molar-refractivity contribution is 7.90. The molecule has 3 rings (SSSR count). The molecule has 21 heavy (non-hydrogen) atoms. The molecule has 0 spiro atoms. The van der Waals surface area contributed by atoms with Crippen LogP contribution in [-0.4, -0.2) is 32.4 Å². The lowest BCUT2D eigenvalue weighted by Gasteiger charge is -2.22. The Balaban J connectivity index is 1.75. The van der Waals surface area contributed by atoms with Gasteiger partial charge >= 0.3 is 10.2 Å². The van der Waals surface area contributed by atoms with Gasteiger partial charge in [0.15, 0.2) is 0 Å². The number of nitrogens with zero attached hydrogens (tertiary/aromatic N) is 1. The van der Waals surface area contributed by atoms with Crippen molar-refractivity contribution in [2.45, 2.75) is 38.5 Å². The first kappa shape index (κ1) is 14.7. The molecular weight excluding hydrogens is 286 g/mol. The van der Waals surface area contributed by atoms with Gasteiger partial charge in [-0.15, -0.1) is 0 Å². The standard InChI is InChI=1S/C15H23N3O2S/c19-21(20,18-10-3-1-2-4-11-18)17-14-8-7-13-6-5-9-16-15(13)12-14/h7-8,12,16-17H,1-6,9-11H2. The van der Waals surface area contributed by atoms with E-state index in [1.807, 2.05) is 18.2 Å². The Bertz CT molecular complexity index is 593. The van der Waals surface area contributed by atoms with Crippen LogP contribution in [0.2, 0.25) is 0 Å². The predicted octanol–water partition coefficient (Wildman–Crippen LogP) is 2.58. The van der Waals surface area contributed by atoms with Crippen LogP contribution in [0.5, 0.6) is 0 Å². The first-order valence-electron chi connectivity index (χ1n) is 7.80. The molecule has 0 atom stereocenters. The fraction of sp³-hybridized carbons (Fsp3) is 0.600. The molecule has 1 fully saturated rings. The summed E-state index contributed by atoms with van der Waals surface area (Å²) in [5.41, 5.74) is 2.96. The molecule has 116 valence electrons. The van der Waals surface area contributed by atoms with Crippen molar-refractivity contribution in [2.75, 3.05) is 29.7 Å². The van der Waals surface area contributed by atoms with E-state index in [2.05, 4.69) is 10.0 Å². The Kier molecular flexibility index (Phi) is 4.35. The van der Waals surface area contributed by atoms with Crippen LogP contribution in [0.4, 0.5) is 11.4 Å². The van der Waals surface area contributed by atoms with Crippen molar-refractivity contribution in [2.24, 2.45) is 0 Å². The minimum Gasteiger partial charge on any atom is -0.385 e. The lowest BCUT2D eigenvalue weighted by atomic mass is 10.0. The highest BCUT2D eigenvalue weighted by atomic mass is 32.2. The molecule has 0 aromatic heterocycles. The van der Waals surface area contributed by atoms with Crippen LogP contribution in [0, 0.1) is 0 Å². The van der Waals surface area contributed by atoms with Crippen LogP contribution >= 0.6 is 0 Å². The lowest BCUT2D eigenvalue weighted by Crippen LogP contribution is -2.36. The van der Waals surface area contributed by atoms with Gasteiger partial charge in [-0.1, -0.05) is 18.9 Å². The van der Waals surface area contributed by atoms with Gasteiger partial charge in [0.1, 0.15) is 0 Å². The van der Waals surface area contributed by atoms with Gasteiger partial charge in [0.05, 0.1) is 5.69 Å². The number of hydrogen-bond acceptors (Lipinski definition) is 3. The van der Waals surface area contributed by atoms with Gasteiger partial charge < -0.3 is 5.32 Å². The largest absolute Gasteiger partial charge is 0.385 e. The fourth-order valence-electron chi connectivity index (χ4n) is 3.02. The van der Waals surface area contributed by atoms with Crippen molar-refractivity contribution in [3.63, 3.8) is 0 Å². The zero-order valence-corrected chi connectivity index (χ0v) is 13.1. The Labute approximate surface area is 126 Å². The molecule has 6 heteroatoms. The van der Waals surface area contributed by atoms with Crippen LogP contribution < -0.4 is 10.0 Å². The molecule has 0 radical (unpaired) electrons. The van der Waals surface area contributed by atoms with Crippen LogP contribution in [0.15, 0.2) is 18.2 Å². The Morgan fingerprint density at radius 1 is 1.05 bits per heavy atom. The summed E-state index contributed by atoms with van der Waals surface area (Å²) in [6.45, 7) is 2.20. The normalized spacial score (nSPS) is 20.2. The average molecular weight is 309 g/mol. The van der Waals surface area contributed by atoms with E-state index in [-0.39, 0.29) is 0 Å². The summed E-state index contributed by atoms with van der Waals surface area (Å²) in [6.07, 6.45) is 6.33. The van der Waals surface area contributed by atoms with Gasteiger partial charge in [0.25, 0.3) is 0 Å². The van der Waals surface area contributed by atoms with Crippen LogP contribution in [0.25, 0.3) is 0 Å². The maximum atomic E-state index is 12.5. The smallest absolute Gasteiger partial charge is 0.301 e. The van der Waals surface area contributed by atoms with E-state index in [0.29, 0.717) is 18.8 Å². The molecule has 1 saturated heterocycles. The van der Waals surface area contributed by atoms with Crippen molar-refractivity contribution < 1.29 is 8.42 Å². The molecule has 0 aliphatic carbocycles. The van der Waals surface area contributed by atoms with Crippen molar-refractivity contribution in [1.82, 2.24) is 4.31 Å². The molecule has 2 N–H and O–H groups in total. The van der Waals surface area contributed by atoms with Gasteiger partial charge in [-0.3, -0.25) is 4.72 Å². The van der Waals surface area contributed by atoms with E-state index in [1.165, 1.54) is 5.56 Å². The quantitative estimate of drug-likeness (QED) is 0.902. The minimum absolute atomic E-state index is 0.624. The Morgan fingerprint density at radius 3 is 2.57 bits per heavy atom. The zero-order valence-electron chi connectivity index (χ0n) is 12.3. The maximum Gasteiger partial charge on any atom is 0.301 e. The van der Waals surface area contributed by atoms with E-state index in [9.17, 15) is 8.42 Å². The van der Waals surface area contributed by atoms with Crippen LogP contribution in [0.1, 0.15) is 37.7 Å². The van der Waals surface area contributed by atoms with Gasteiger partial charge in [-0.05, 0) is 43.4 Å². The third-order valence-corrected chi connectivity index (χ3v) is 5.74. The van der Waals surface area contributed by atoms with Crippen molar-refractivity contribution in [1.29, 1.82) is 0 Å². The third-order valence-electron chi connectivity index (χ3n) is 4.20. The summed E-state index contributed by atoms with van der Waals surface area (Å²) in [5, 5.41) is 3.33. The monoisotopic (exact) mass is 309 g/mol. The summed E-state index contributed by atoms with van der Waals surface area (Å²) in [5.74, 6) is 0. The van der Waals surface area contributed by atoms with Crippen LogP contribution in [-0.2, 0) is 16.6 Å². The van der Waals surface area contributed by atoms with E-state index in [0.717, 1.165) is 50.8 Å². The van der Waals surface area contributed by atoms with E-state index >= 15 is 0 Å². The van der Waals surface area contributed by atoms with Gasteiger partial charge in [0.2, 0.25) is 0 Å². The first-order chi connectivity index (χ1) is 10.1. The number of aryl methyl sites for hydroxylation is 1. The number of hydrogen-bond donors (Lipinski definition) is 2. The highest BCUT2D eigenvalue weighted by Crippen LogP contribution is 2.26. The molecule has 0 amide bonds. The second-order valence-electron chi connectivity index (χ2n) is 5.82. The molecule has 1 aromatic rings. The molecular formula is C15H23N3O2S. The van der Waals surface area contributed by atoms with Crippen molar-refractivity contribution in [3.05, 3.63) is 23.8 Å². The zero-order chi connectivity index (χ0) is 14.7.